The van der Waals surface area contributed by atoms with Crippen molar-refractivity contribution in [3.05, 3.63) is 35.4 Å². The number of benzene rings is 1. The van der Waals surface area contributed by atoms with Gasteiger partial charge in [-0.2, -0.15) is 0 Å². The van der Waals surface area contributed by atoms with Gasteiger partial charge in [-0.1, -0.05) is 0 Å². The minimum Gasteiger partial charge on any atom is -0.335 e. The third kappa shape index (κ3) is 3.35. The highest BCUT2D eigenvalue weighted by molar-refractivity contribution is 5.85. The van der Waals surface area contributed by atoms with E-state index in [0.29, 0.717) is 0 Å². The Kier molecular flexibility index (Phi) is 5.17. The van der Waals surface area contributed by atoms with Gasteiger partial charge in [0.15, 0.2) is 0 Å². The van der Waals surface area contributed by atoms with Crippen molar-refractivity contribution in [3.8, 4) is 0 Å². The number of hydrogen-bond acceptors (Lipinski definition) is 2. The van der Waals surface area contributed by atoms with Gasteiger partial charge in [0.05, 0.1) is 6.42 Å². The van der Waals surface area contributed by atoms with Crippen molar-refractivity contribution in [3.63, 3.8) is 0 Å². The molecule has 1 aromatic carbocycles. The van der Waals surface area contributed by atoms with Crippen LogP contribution in [0.1, 0.15) is 24.8 Å². The summed E-state index contributed by atoms with van der Waals surface area (Å²) in [4.78, 5) is 14.3. The molecule has 0 spiro atoms. The van der Waals surface area contributed by atoms with Crippen molar-refractivity contribution in [2.75, 3.05) is 13.1 Å². The number of fused-ring (bicyclic) bond motifs is 2. The van der Waals surface area contributed by atoms with Crippen LogP contribution in [0, 0.1) is 11.6 Å². The average Bonchev–Trinajstić information content (AvgIpc) is 2.67. The van der Waals surface area contributed by atoms with Crippen molar-refractivity contribution in [2.24, 2.45) is 0 Å². The van der Waals surface area contributed by atoms with Gasteiger partial charge in [-0.05, 0) is 44.0 Å². The zero-order valence-electron chi connectivity index (χ0n) is 11.6. The fraction of sp³-hybridized carbons (Fsp3) is 0.533. The van der Waals surface area contributed by atoms with Gasteiger partial charge in [0.2, 0.25) is 5.91 Å². The first-order valence-electron chi connectivity index (χ1n) is 7.11. The van der Waals surface area contributed by atoms with Gasteiger partial charge >= 0.3 is 0 Å². The first-order valence-corrected chi connectivity index (χ1v) is 7.11. The summed E-state index contributed by atoms with van der Waals surface area (Å²) in [6.07, 6.45) is 2.89. The second kappa shape index (κ2) is 6.71. The van der Waals surface area contributed by atoms with Crippen LogP contribution in [0.25, 0.3) is 0 Å². The summed E-state index contributed by atoms with van der Waals surface area (Å²) >= 11 is 0. The average molecular weight is 317 g/mol. The van der Waals surface area contributed by atoms with E-state index < -0.39 is 11.6 Å². The minimum absolute atomic E-state index is 0. The first-order chi connectivity index (χ1) is 9.65. The number of halogens is 3. The Morgan fingerprint density at radius 3 is 2.81 bits per heavy atom. The van der Waals surface area contributed by atoms with Gasteiger partial charge in [-0.15, -0.1) is 12.4 Å². The lowest BCUT2D eigenvalue weighted by Crippen LogP contribution is -2.43. The van der Waals surface area contributed by atoms with Crippen LogP contribution in [0.3, 0.4) is 0 Å². The lowest BCUT2D eigenvalue weighted by molar-refractivity contribution is -0.133. The molecule has 0 radical (unpaired) electrons. The highest BCUT2D eigenvalue weighted by Crippen LogP contribution is 2.28. The molecule has 0 aliphatic carbocycles. The smallest absolute Gasteiger partial charge is 0.227 e. The molecule has 21 heavy (non-hydrogen) atoms. The van der Waals surface area contributed by atoms with Gasteiger partial charge in [0.25, 0.3) is 0 Å². The lowest BCUT2D eigenvalue weighted by atomic mass is 10.1. The quantitative estimate of drug-likeness (QED) is 0.908. The Labute approximate surface area is 129 Å². The third-order valence-corrected chi connectivity index (χ3v) is 4.29. The maximum atomic E-state index is 13.6. The molecule has 0 aromatic heterocycles. The third-order valence-electron chi connectivity index (χ3n) is 4.29. The van der Waals surface area contributed by atoms with Crippen molar-refractivity contribution in [1.29, 1.82) is 0 Å². The highest BCUT2D eigenvalue weighted by Gasteiger charge is 2.37. The number of nitrogens with zero attached hydrogens (tertiary/aromatic N) is 1. The zero-order chi connectivity index (χ0) is 14.1. The summed E-state index contributed by atoms with van der Waals surface area (Å²) in [6.45, 7) is 1.72. The van der Waals surface area contributed by atoms with Gasteiger partial charge in [0, 0.05) is 24.2 Å². The predicted octanol–water partition coefficient (Wildman–Crippen LogP) is 2.28. The molecule has 1 N–H and O–H groups in total. The Morgan fingerprint density at radius 1 is 1.24 bits per heavy atom. The number of carbonyl (C=O) groups excluding carboxylic acids is 1. The van der Waals surface area contributed by atoms with Crippen molar-refractivity contribution in [2.45, 2.75) is 37.8 Å². The molecule has 116 valence electrons. The monoisotopic (exact) mass is 316 g/mol. The molecule has 2 atom stereocenters. The van der Waals surface area contributed by atoms with E-state index in [0.717, 1.165) is 50.6 Å². The molecular weight excluding hydrogens is 298 g/mol. The molecule has 2 aliphatic rings. The molecule has 2 unspecified atom stereocenters. The number of hydrogen-bond donors (Lipinski definition) is 1. The normalized spacial score (nSPS) is 24.4. The maximum absolute atomic E-state index is 13.6. The standard InChI is InChI=1S/C15H18F2N2O.ClH/c16-11-1-4-14(17)10(7-11)8-15(20)19-12-2-3-13(19)9-18-6-5-12;/h1,4,7,12-13,18H,2-3,5-6,8-9H2;1H. The topological polar surface area (TPSA) is 32.3 Å². The van der Waals surface area contributed by atoms with Gasteiger partial charge in [-0.25, -0.2) is 8.78 Å². The van der Waals surface area contributed by atoms with E-state index in [1.54, 1.807) is 0 Å². The number of carbonyl (C=O) groups is 1. The second-order valence-electron chi connectivity index (χ2n) is 5.59. The summed E-state index contributed by atoms with van der Waals surface area (Å²) in [7, 11) is 0. The molecule has 6 heteroatoms. The van der Waals surface area contributed by atoms with E-state index in [9.17, 15) is 13.6 Å². The molecule has 2 fully saturated rings. The summed E-state index contributed by atoms with van der Waals surface area (Å²) in [5, 5.41) is 3.32. The number of amides is 1. The lowest BCUT2D eigenvalue weighted by Gasteiger charge is -2.28. The van der Waals surface area contributed by atoms with Gasteiger partial charge in [0.1, 0.15) is 11.6 Å². The van der Waals surface area contributed by atoms with Crippen LogP contribution in [-0.4, -0.2) is 36.0 Å². The van der Waals surface area contributed by atoms with Crippen LogP contribution in [0.4, 0.5) is 8.78 Å². The van der Waals surface area contributed by atoms with Crippen molar-refractivity contribution in [1.82, 2.24) is 10.2 Å². The van der Waals surface area contributed by atoms with Crippen LogP contribution in [0.15, 0.2) is 18.2 Å². The molecule has 1 amide bonds. The molecule has 0 saturated carbocycles. The zero-order valence-corrected chi connectivity index (χ0v) is 12.5. The molecule has 3 nitrogen and oxygen atoms in total. The molecule has 2 aliphatic heterocycles. The SMILES string of the molecule is Cl.O=C(Cc1cc(F)ccc1F)N1C2CCNCC1CC2. The number of rotatable bonds is 2. The van der Waals surface area contributed by atoms with Crippen LogP contribution >= 0.6 is 12.4 Å². The van der Waals surface area contributed by atoms with Crippen LogP contribution in [0.2, 0.25) is 0 Å². The van der Waals surface area contributed by atoms with Gasteiger partial charge < -0.3 is 10.2 Å². The van der Waals surface area contributed by atoms with E-state index in [1.165, 1.54) is 0 Å². The van der Waals surface area contributed by atoms with Crippen LogP contribution in [0.5, 0.6) is 0 Å². The predicted molar refractivity (Wildman–Crippen MR) is 78.5 cm³/mol. The summed E-state index contributed by atoms with van der Waals surface area (Å²) in [5.41, 5.74) is 0.145. The summed E-state index contributed by atoms with van der Waals surface area (Å²) in [6, 6.07) is 3.72. The second-order valence-corrected chi connectivity index (χ2v) is 5.59. The fourth-order valence-electron chi connectivity index (χ4n) is 3.32. The Morgan fingerprint density at radius 2 is 2.00 bits per heavy atom. The Bertz CT molecular complexity index is 512. The maximum Gasteiger partial charge on any atom is 0.227 e. The molecular formula is C15H19ClF2N2O. The first kappa shape index (κ1) is 16.2. The molecule has 2 heterocycles. The molecule has 3 rings (SSSR count). The number of nitrogens with one attached hydrogen (secondary N) is 1. The van der Waals surface area contributed by atoms with Crippen LogP contribution < -0.4 is 5.32 Å². The van der Waals surface area contributed by atoms with Gasteiger partial charge in [-0.3, -0.25) is 4.79 Å². The van der Waals surface area contributed by atoms with E-state index in [1.807, 2.05) is 4.90 Å². The fourth-order valence-corrected chi connectivity index (χ4v) is 3.32. The van der Waals surface area contributed by atoms with Crippen molar-refractivity contribution < 1.29 is 13.6 Å². The van der Waals surface area contributed by atoms with Crippen molar-refractivity contribution >= 4 is 18.3 Å². The minimum atomic E-state index is -0.514. The van der Waals surface area contributed by atoms with E-state index >= 15 is 0 Å². The molecule has 2 bridgehead atoms. The highest BCUT2D eigenvalue weighted by atomic mass is 35.5. The van der Waals surface area contributed by atoms with E-state index in [2.05, 4.69) is 5.32 Å². The molecule has 1 aromatic rings. The van der Waals surface area contributed by atoms with E-state index in [4.69, 9.17) is 0 Å². The van der Waals surface area contributed by atoms with Crippen LogP contribution in [-0.2, 0) is 11.2 Å². The largest absolute Gasteiger partial charge is 0.335 e. The molecule has 2 saturated heterocycles. The summed E-state index contributed by atoms with van der Waals surface area (Å²) < 4.78 is 26.8. The Balaban J connectivity index is 0.00000161. The summed E-state index contributed by atoms with van der Waals surface area (Å²) in [5.74, 6) is -1.11. The van der Waals surface area contributed by atoms with E-state index in [-0.39, 0.29) is 42.4 Å². The Hall–Kier alpha value is -1.20.